The van der Waals surface area contributed by atoms with E-state index in [9.17, 15) is 4.79 Å². The van der Waals surface area contributed by atoms with E-state index < -0.39 is 0 Å². The van der Waals surface area contributed by atoms with E-state index in [1.165, 1.54) is 24.0 Å². The summed E-state index contributed by atoms with van der Waals surface area (Å²) in [5.74, 6) is -0.385. The average Bonchev–Trinajstić information content (AvgIpc) is 2.77. The Hall–Kier alpha value is -1.68. The van der Waals surface area contributed by atoms with Crippen LogP contribution in [0.3, 0.4) is 0 Å². The smallest absolute Gasteiger partial charge is 0.367 e. The van der Waals surface area contributed by atoms with Crippen LogP contribution in [0.4, 0.5) is 0 Å². The van der Waals surface area contributed by atoms with E-state index >= 15 is 0 Å². The van der Waals surface area contributed by atoms with E-state index in [1.54, 1.807) is 0 Å². The lowest BCUT2D eigenvalue weighted by Gasteiger charge is -1.97. The first-order chi connectivity index (χ1) is 7.70. The van der Waals surface area contributed by atoms with Gasteiger partial charge in [-0.25, -0.2) is 9.78 Å². The summed E-state index contributed by atoms with van der Waals surface area (Å²) in [6, 6.07) is 8.01. The molecule has 0 radical (unpaired) electrons. The lowest BCUT2D eigenvalue weighted by Crippen LogP contribution is -1.99. The van der Waals surface area contributed by atoms with E-state index in [1.807, 2.05) is 36.6 Å². The van der Waals surface area contributed by atoms with Gasteiger partial charge >= 0.3 is 5.97 Å². The molecule has 0 aliphatic carbocycles. The molecule has 16 heavy (non-hydrogen) atoms. The summed E-state index contributed by atoms with van der Waals surface area (Å²) < 4.78 is 4.62. The minimum atomic E-state index is -0.385. The van der Waals surface area contributed by atoms with Crippen molar-refractivity contribution in [3.05, 3.63) is 40.2 Å². The lowest BCUT2D eigenvalue weighted by molar-refractivity contribution is 0.0600. The van der Waals surface area contributed by atoms with Crippen molar-refractivity contribution < 1.29 is 9.53 Å². The van der Waals surface area contributed by atoms with Crippen molar-refractivity contribution in [3.63, 3.8) is 0 Å². The third kappa shape index (κ3) is 2.12. The predicted molar refractivity (Wildman–Crippen MR) is 63.6 cm³/mol. The molecule has 1 heterocycles. The molecule has 0 N–H and O–H groups in total. The highest BCUT2D eigenvalue weighted by molar-refractivity contribution is 7.11. The number of nitrogens with zero attached hydrogens (tertiary/aromatic N) is 1. The molecule has 0 atom stereocenters. The van der Waals surface area contributed by atoms with E-state index in [2.05, 4.69) is 9.72 Å². The van der Waals surface area contributed by atoms with Crippen molar-refractivity contribution in [1.29, 1.82) is 0 Å². The van der Waals surface area contributed by atoms with E-state index in [-0.39, 0.29) is 5.97 Å². The van der Waals surface area contributed by atoms with Crippen LogP contribution in [0, 0.1) is 6.92 Å². The number of rotatable bonds is 2. The summed E-state index contributed by atoms with van der Waals surface area (Å²) >= 11 is 1.30. The lowest BCUT2D eigenvalue weighted by atomic mass is 10.1. The first-order valence-corrected chi connectivity index (χ1v) is 5.69. The summed E-state index contributed by atoms with van der Waals surface area (Å²) in [4.78, 5) is 15.5. The maximum absolute atomic E-state index is 11.3. The molecule has 0 aliphatic heterocycles. The zero-order valence-corrected chi connectivity index (χ0v) is 9.88. The molecule has 2 rings (SSSR count). The molecular formula is C12H11NO2S. The van der Waals surface area contributed by atoms with Gasteiger partial charge in [-0.1, -0.05) is 23.8 Å². The molecule has 0 saturated carbocycles. The third-order valence-electron chi connectivity index (χ3n) is 2.18. The molecule has 0 fully saturated rings. The van der Waals surface area contributed by atoms with Gasteiger partial charge in [0.05, 0.1) is 12.8 Å². The van der Waals surface area contributed by atoms with Gasteiger partial charge in [-0.3, -0.25) is 0 Å². The maximum Gasteiger partial charge on any atom is 0.367 e. The largest absolute Gasteiger partial charge is 0.464 e. The molecule has 0 spiro atoms. The Morgan fingerprint density at radius 3 is 2.94 bits per heavy atom. The number of hydrogen-bond donors (Lipinski definition) is 0. The van der Waals surface area contributed by atoms with Crippen molar-refractivity contribution >= 4 is 17.3 Å². The van der Waals surface area contributed by atoms with Crippen molar-refractivity contribution in [1.82, 2.24) is 4.98 Å². The maximum atomic E-state index is 11.3. The third-order valence-corrected chi connectivity index (χ3v) is 3.00. The van der Waals surface area contributed by atoms with Crippen LogP contribution in [0.2, 0.25) is 0 Å². The SMILES string of the molecule is COC(=O)c1nc(-c2cccc(C)c2)cs1. The van der Waals surface area contributed by atoms with Gasteiger partial charge in [-0.15, -0.1) is 11.3 Å². The Balaban J connectivity index is 2.35. The Kier molecular flexibility index (Phi) is 3.01. The van der Waals surface area contributed by atoms with Gasteiger partial charge in [0, 0.05) is 10.9 Å². The summed E-state index contributed by atoms with van der Waals surface area (Å²) in [6.45, 7) is 2.02. The highest BCUT2D eigenvalue weighted by Gasteiger charge is 2.11. The number of thiazole rings is 1. The van der Waals surface area contributed by atoms with E-state index in [4.69, 9.17) is 0 Å². The van der Waals surface area contributed by atoms with E-state index in [0.29, 0.717) is 5.01 Å². The fourth-order valence-electron chi connectivity index (χ4n) is 1.39. The summed E-state index contributed by atoms with van der Waals surface area (Å²) in [7, 11) is 1.36. The normalized spacial score (nSPS) is 10.1. The second kappa shape index (κ2) is 4.45. The quantitative estimate of drug-likeness (QED) is 0.749. The first kappa shape index (κ1) is 10.8. The Bertz CT molecular complexity index is 519. The number of benzene rings is 1. The topological polar surface area (TPSA) is 39.2 Å². The highest BCUT2D eigenvalue weighted by atomic mass is 32.1. The fraction of sp³-hybridized carbons (Fsp3) is 0.167. The zero-order chi connectivity index (χ0) is 11.5. The molecule has 0 saturated heterocycles. The minimum Gasteiger partial charge on any atom is -0.464 e. The van der Waals surface area contributed by atoms with Gasteiger partial charge < -0.3 is 4.74 Å². The molecule has 0 amide bonds. The fourth-order valence-corrected chi connectivity index (χ4v) is 2.13. The van der Waals surface area contributed by atoms with Crippen LogP contribution in [-0.4, -0.2) is 18.1 Å². The van der Waals surface area contributed by atoms with Crippen molar-refractivity contribution in [2.45, 2.75) is 6.92 Å². The molecule has 1 aromatic heterocycles. The number of aromatic nitrogens is 1. The van der Waals surface area contributed by atoms with Gasteiger partial charge in [0.25, 0.3) is 0 Å². The molecule has 0 unspecified atom stereocenters. The van der Waals surface area contributed by atoms with Gasteiger partial charge in [0.2, 0.25) is 5.01 Å². The second-order valence-electron chi connectivity index (χ2n) is 3.40. The molecule has 82 valence electrons. The predicted octanol–water partition coefficient (Wildman–Crippen LogP) is 2.91. The molecule has 0 aliphatic rings. The minimum absolute atomic E-state index is 0.385. The molecule has 1 aromatic carbocycles. The number of esters is 1. The number of methoxy groups -OCH3 is 1. The molecule has 3 nitrogen and oxygen atoms in total. The van der Waals surface area contributed by atoms with Crippen molar-refractivity contribution in [2.24, 2.45) is 0 Å². The summed E-state index contributed by atoms with van der Waals surface area (Å²) in [5, 5.41) is 2.25. The van der Waals surface area contributed by atoms with Gasteiger partial charge in [-0.2, -0.15) is 0 Å². The zero-order valence-electron chi connectivity index (χ0n) is 9.06. The second-order valence-corrected chi connectivity index (χ2v) is 4.26. The van der Waals surface area contributed by atoms with Crippen LogP contribution in [-0.2, 0) is 4.74 Å². The molecule has 2 aromatic rings. The van der Waals surface area contributed by atoms with Crippen LogP contribution < -0.4 is 0 Å². The van der Waals surface area contributed by atoms with Crippen LogP contribution in [0.25, 0.3) is 11.3 Å². The van der Waals surface area contributed by atoms with Gasteiger partial charge in [0.1, 0.15) is 0 Å². The number of aryl methyl sites for hydroxylation is 1. The molecule has 0 bridgehead atoms. The van der Waals surface area contributed by atoms with Crippen LogP contribution >= 0.6 is 11.3 Å². The summed E-state index contributed by atoms with van der Waals surface area (Å²) in [6.07, 6.45) is 0. The molecular weight excluding hydrogens is 222 g/mol. The Labute approximate surface area is 97.7 Å². The van der Waals surface area contributed by atoms with Crippen molar-refractivity contribution in [3.8, 4) is 11.3 Å². The van der Waals surface area contributed by atoms with Gasteiger partial charge in [-0.05, 0) is 13.0 Å². The van der Waals surface area contributed by atoms with Gasteiger partial charge in [0.15, 0.2) is 0 Å². The molecule has 4 heteroatoms. The number of carbonyl (C=O) groups is 1. The average molecular weight is 233 g/mol. The number of hydrogen-bond acceptors (Lipinski definition) is 4. The number of ether oxygens (including phenoxy) is 1. The summed E-state index contributed by atoms with van der Waals surface area (Å²) in [5.41, 5.74) is 3.01. The standard InChI is InChI=1S/C12H11NO2S/c1-8-4-3-5-9(6-8)10-7-16-11(13-10)12(14)15-2/h3-7H,1-2H3. The van der Waals surface area contributed by atoms with Crippen LogP contribution in [0.5, 0.6) is 0 Å². The highest BCUT2D eigenvalue weighted by Crippen LogP contribution is 2.22. The number of carbonyl (C=O) groups excluding carboxylic acids is 1. The van der Waals surface area contributed by atoms with Crippen LogP contribution in [0.1, 0.15) is 15.4 Å². The van der Waals surface area contributed by atoms with Crippen LogP contribution in [0.15, 0.2) is 29.6 Å². The van der Waals surface area contributed by atoms with Crippen molar-refractivity contribution in [2.75, 3.05) is 7.11 Å². The Morgan fingerprint density at radius 1 is 1.44 bits per heavy atom. The first-order valence-electron chi connectivity index (χ1n) is 4.81. The monoisotopic (exact) mass is 233 g/mol. The van der Waals surface area contributed by atoms with E-state index in [0.717, 1.165) is 11.3 Å². The Morgan fingerprint density at radius 2 is 2.25 bits per heavy atom.